The molecule has 0 radical (unpaired) electrons. The fourth-order valence-corrected chi connectivity index (χ4v) is 2.18. The van der Waals surface area contributed by atoms with Crippen LogP contribution in [0.25, 0.3) is 0 Å². The summed E-state index contributed by atoms with van der Waals surface area (Å²) in [5.41, 5.74) is 7.37. The van der Waals surface area contributed by atoms with Crippen molar-refractivity contribution in [3.05, 3.63) is 5.69 Å². The Morgan fingerprint density at radius 2 is 1.83 bits per heavy atom. The highest BCUT2D eigenvalue weighted by Gasteiger charge is 2.15. The fraction of sp³-hybridized carbons (Fsp3) is 0.769. The highest BCUT2D eigenvalue weighted by molar-refractivity contribution is 5.52. The number of hydrogen-bond acceptors (Lipinski definition) is 4. The molecule has 0 aromatic carbocycles. The minimum Gasteiger partial charge on any atom is -0.475 e. The lowest BCUT2D eigenvalue weighted by atomic mass is 10.2. The van der Waals surface area contributed by atoms with Gasteiger partial charge in [0.25, 0.3) is 0 Å². The molecule has 104 valence electrons. The van der Waals surface area contributed by atoms with E-state index in [1.165, 1.54) is 0 Å². The molecule has 0 spiro atoms. The number of nitrogens with zero attached hydrogens (tertiary/aromatic N) is 3. The lowest BCUT2D eigenvalue weighted by molar-refractivity contribution is 0.138. The standard InChI is InChI=1S/C13H26N4O/c1-9(2)17(10(3)4)7-8-18-13-12(14)11(5)15-16(13)6/h9-10H,7-8,14H2,1-6H3. The first kappa shape index (κ1) is 14.8. The smallest absolute Gasteiger partial charge is 0.235 e. The molecule has 0 saturated carbocycles. The molecule has 1 rings (SSSR count). The number of ether oxygens (including phenoxy) is 1. The summed E-state index contributed by atoms with van der Waals surface area (Å²) in [5.74, 6) is 0.667. The van der Waals surface area contributed by atoms with Crippen LogP contribution < -0.4 is 10.5 Å². The van der Waals surface area contributed by atoms with Gasteiger partial charge < -0.3 is 10.5 Å². The van der Waals surface area contributed by atoms with Gasteiger partial charge in [0.05, 0.1) is 5.69 Å². The van der Waals surface area contributed by atoms with Gasteiger partial charge in [-0.15, -0.1) is 0 Å². The van der Waals surface area contributed by atoms with E-state index < -0.39 is 0 Å². The third-order valence-corrected chi connectivity index (χ3v) is 3.13. The summed E-state index contributed by atoms with van der Waals surface area (Å²) in [5, 5.41) is 4.23. The Balaban J connectivity index is 2.55. The number of nitrogens with two attached hydrogens (primary N) is 1. The summed E-state index contributed by atoms with van der Waals surface area (Å²) in [4.78, 5) is 2.39. The van der Waals surface area contributed by atoms with E-state index in [1.54, 1.807) is 4.68 Å². The Labute approximate surface area is 110 Å². The summed E-state index contributed by atoms with van der Waals surface area (Å²) >= 11 is 0. The van der Waals surface area contributed by atoms with E-state index in [-0.39, 0.29) is 0 Å². The van der Waals surface area contributed by atoms with Crippen LogP contribution in [-0.2, 0) is 7.05 Å². The van der Waals surface area contributed by atoms with E-state index in [2.05, 4.69) is 37.7 Å². The molecule has 0 fully saturated rings. The average Bonchev–Trinajstić information content (AvgIpc) is 2.48. The van der Waals surface area contributed by atoms with Gasteiger partial charge in [-0.1, -0.05) is 0 Å². The highest BCUT2D eigenvalue weighted by atomic mass is 16.5. The Kier molecular flexibility index (Phi) is 5.02. The van der Waals surface area contributed by atoms with Crippen molar-refractivity contribution in [3.8, 4) is 5.88 Å². The molecule has 0 saturated heterocycles. The largest absolute Gasteiger partial charge is 0.475 e. The molecule has 0 bridgehead atoms. The topological polar surface area (TPSA) is 56.3 Å². The number of rotatable bonds is 6. The predicted molar refractivity (Wildman–Crippen MR) is 74.8 cm³/mol. The quantitative estimate of drug-likeness (QED) is 0.841. The maximum Gasteiger partial charge on any atom is 0.235 e. The van der Waals surface area contributed by atoms with Crippen molar-refractivity contribution in [1.82, 2.24) is 14.7 Å². The van der Waals surface area contributed by atoms with Gasteiger partial charge in [-0.3, -0.25) is 4.90 Å². The molecule has 1 aromatic rings. The SMILES string of the molecule is Cc1nn(C)c(OCCN(C(C)C)C(C)C)c1N. The van der Waals surface area contributed by atoms with Gasteiger partial charge >= 0.3 is 0 Å². The van der Waals surface area contributed by atoms with Crippen LogP contribution in [-0.4, -0.2) is 39.9 Å². The zero-order valence-corrected chi connectivity index (χ0v) is 12.4. The van der Waals surface area contributed by atoms with Crippen molar-refractivity contribution >= 4 is 5.69 Å². The van der Waals surface area contributed by atoms with Crippen LogP contribution in [0.4, 0.5) is 5.69 Å². The number of anilines is 1. The minimum absolute atomic E-state index is 0.513. The maximum atomic E-state index is 5.92. The van der Waals surface area contributed by atoms with Crippen LogP contribution in [0.5, 0.6) is 5.88 Å². The lowest BCUT2D eigenvalue weighted by Crippen LogP contribution is -2.39. The van der Waals surface area contributed by atoms with Crippen molar-refractivity contribution < 1.29 is 4.74 Å². The first-order valence-corrected chi connectivity index (χ1v) is 6.52. The highest BCUT2D eigenvalue weighted by Crippen LogP contribution is 2.23. The van der Waals surface area contributed by atoms with Crippen LogP contribution >= 0.6 is 0 Å². The molecular weight excluding hydrogens is 228 g/mol. The summed E-state index contributed by atoms with van der Waals surface area (Å²) in [6, 6.07) is 1.03. The van der Waals surface area contributed by atoms with Gasteiger partial charge in [-0.05, 0) is 34.6 Å². The van der Waals surface area contributed by atoms with Crippen molar-refractivity contribution in [2.75, 3.05) is 18.9 Å². The Hall–Kier alpha value is -1.23. The van der Waals surface area contributed by atoms with E-state index in [0.717, 1.165) is 12.2 Å². The van der Waals surface area contributed by atoms with E-state index in [1.807, 2.05) is 14.0 Å². The van der Waals surface area contributed by atoms with Crippen molar-refractivity contribution in [2.24, 2.45) is 7.05 Å². The van der Waals surface area contributed by atoms with E-state index in [9.17, 15) is 0 Å². The molecule has 2 N–H and O–H groups in total. The third-order valence-electron chi connectivity index (χ3n) is 3.13. The number of nitrogen functional groups attached to an aromatic ring is 1. The van der Waals surface area contributed by atoms with E-state index in [0.29, 0.717) is 30.3 Å². The van der Waals surface area contributed by atoms with Crippen LogP contribution in [0.15, 0.2) is 0 Å². The maximum absolute atomic E-state index is 5.92. The molecule has 1 aromatic heterocycles. The van der Waals surface area contributed by atoms with Gasteiger partial charge in [0, 0.05) is 25.7 Å². The summed E-state index contributed by atoms with van der Waals surface area (Å²) < 4.78 is 7.45. The number of aryl methyl sites for hydroxylation is 2. The van der Waals surface area contributed by atoms with Crippen LogP contribution in [0.2, 0.25) is 0 Å². The molecule has 0 aliphatic rings. The molecule has 0 amide bonds. The molecule has 5 heteroatoms. The fourth-order valence-electron chi connectivity index (χ4n) is 2.18. The minimum atomic E-state index is 0.513. The second-order valence-corrected chi connectivity index (χ2v) is 5.20. The lowest BCUT2D eigenvalue weighted by Gasteiger charge is -2.30. The Morgan fingerprint density at radius 3 is 2.22 bits per heavy atom. The molecule has 5 nitrogen and oxygen atoms in total. The second kappa shape index (κ2) is 6.09. The molecule has 0 aliphatic heterocycles. The number of aromatic nitrogens is 2. The van der Waals surface area contributed by atoms with Crippen molar-refractivity contribution in [1.29, 1.82) is 0 Å². The average molecular weight is 254 g/mol. The van der Waals surface area contributed by atoms with Gasteiger partial charge in [0.1, 0.15) is 12.3 Å². The predicted octanol–water partition coefficient (Wildman–Crippen LogP) is 1.81. The molecule has 18 heavy (non-hydrogen) atoms. The van der Waals surface area contributed by atoms with Crippen LogP contribution in [0, 0.1) is 6.92 Å². The van der Waals surface area contributed by atoms with Crippen LogP contribution in [0.1, 0.15) is 33.4 Å². The number of hydrogen-bond donors (Lipinski definition) is 1. The molecule has 0 aliphatic carbocycles. The normalized spacial score (nSPS) is 11.8. The molecule has 1 heterocycles. The third kappa shape index (κ3) is 3.38. The Bertz CT molecular complexity index is 377. The van der Waals surface area contributed by atoms with Crippen molar-refractivity contribution in [2.45, 2.75) is 46.7 Å². The van der Waals surface area contributed by atoms with E-state index in [4.69, 9.17) is 10.5 Å². The zero-order valence-electron chi connectivity index (χ0n) is 12.4. The van der Waals surface area contributed by atoms with Gasteiger partial charge in [0.2, 0.25) is 5.88 Å². The van der Waals surface area contributed by atoms with Gasteiger partial charge in [-0.25, -0.2) is 4.68 Å². The summed E-state index contributed by atoms with van der Waals surface area (Å²) in [6.45, 7) is 12.2. The monoisotopic (exact) mass is 254 g/mol. The van der Waals surface area contributed by atoms with Gasteiger partial charge in [-0.2, -0.15) is 5.10 Å². The molecule has 0 unspecified atom stereocenters. The Morgan fingerprint density at radius 1 is 1.28 bits per heavy atom. The first-order valence-electron chi connectivity index (χ1n) is 6.52. The molecular formula is C13H26N4O. The first-order chi connectivity index (χ1) is 8.34. The zero-order chi connectivity index (χ0) is 13.9. The van der Waals surface area contributed by atoms with Crippen LogP contribution in [0.3, 0.4) is 0 Å². The second-order valence-electron chi connectivity index (χ2n) is 5.20. The van der Waals surface area contributed by atoms with E-state index >= 15 is 0 Å². The molecule has 0 atom stereocenters. The van der Waals surface area contributed by atoms with Gasteiger partial charge in [0.15, 0.2) is 0 Å². The van der Waals surface area contributed by atoms with Crippen molar-refractivity contribution in [3.63, 3.8) is 0 Å². The summed E-state index contributed by atoms with van der Waals surface area (Å²) in [6.07, 6.45) is 0. The summed E-state index contributed by atoms with van der Waals surface area (Å²) in [7, 11) is 1.85.